The summed E-state index contributed by atoms with van der Waals surface area (Å²) < 4.78 is 1.03. The minimum atomic E-state index is -0.165. The number of imidazole rings is 1. The molecule has 4 nitrogen and oxygen atoms in total. The van der Waals surface area contributed by atoms with Crippen molar-refractivity contribution in [3.8, 4) is 0 Å². The topological polar surface area (TPSA) is 60.7 Å². The fourth-order valence-electron chi connectivity index (χ4n) is 2.59. The van der Waals surface area contributed by atoms with Crippen molar-refractivity contribution >= 4 is 27.0 Å². The van der Waals surface area contributed by atoms with E-state index >= 15 is 0 Å². The number of H-pyrrole nitrogens is 2. The molecule has 0 saturated heterocycles. The predicted octanol–water partition coefficient (Wildman–Crippen LogP) is 4.10. The summed E-state index contributed by atoms with van der Waals surface area (Å²) in [6, 6.07) is 4.29. The molecule has 1 atom stereocenters. The Kier molecular flexibility index (Phi) is 4.94. The number of aromatic amines is 2. The number of aromatic nitrogens is 2. The highest BCUT2D eigenvalue weighted by molar-refractivity contribution is 9.10. The highest BCUT2D eigenvalue weighted by Crippen LogP contribution is 2.40. The number of fused-ring (bicyclic) bond motifs is 1. The van der Waals surface area contributed by atoms with Crippen molar-refractivity contribution < 1.29 is 0 Å². The lowest BCUT2D eigenvalue weighted by molar-refractivity contribution is 0.234. The van der Waals surface area contributed by atoms with Crippen LogP contribution >= 0.6 is 15.9 Å². The van der Waals surface area contributed by atoms with Gasteiger partial charge in [-0.1, -0.05) is 43.6 Å². The molecule has 1 aromatic heterocycles. The van der Waals surface area contributed by atoms with Crippen LogP contribution in [0.1, 0.15) is 52.1 Å². The van der Waals surface area contributed by atoms with E-state index in [0.717, 1.165) is 34.9 Å². The van der Waals surface area contributed by atoms with Crippen molar-refractivity contribution in [2.75, 3.05) is 6.54 Å². The standard InChI is InChI=1S/C16H24BrN3O/c1-5-7-18-14(16(3,4)6-2)10-8-12-13(9-11(10)17)20-15(21)19-12/h8-9,14,18H,5-7H2,1-4H3,(H2,19,20,21). The van der Waals surface area contributed by atoms with Crippen molar-refractivity contribution in [3.05, 3.63) is 32.7 Å². The molecule has 1 aromatic carbocycles. The highest BCUT2D eigenvalue weighted by Gasteiger charge is 2.30. The Morgan fingerprint density at radius 2 is 1.86 bits per heavy atom. The van der Waals surface area contributed by atoms with Crippen LogP contribution in [0.4, 0.5) is 0 Å². The van der Waals surface area contributed by atoms with Gasteiger partial charge in [0, 0.05) is 10.5 Å². The first-order valence-electron chi connectivity index (χ1n) is 7.54. The molecule has 21 heavy (non-hydrogen) atoms. The van der Waals surface area contributed by atoms with Gasteiger partial charge in [-0.3, -0.25) is 0 Å². The molecule has 5 heteroatoms. The lowest BCUT2D eigenvalue weighted by Gasteiger charge is -2.35. The number of hydrogen-bond acceptors (Lipinski definition) is 2. The molecule has 0 saturated carbocycles. The molecule has 0 radical (unpaired) electrons. The van der Waals surface area contributed by atoms with Crippen molar-refractivity contribution in [2.24, 2.45) is 5.41 Å². The average molecular weight is 354 g/mol. The van der Waals surface area contributed by atoms with E-state index in [1.165, 1.54) is 5.56 Å². The van der Waals surface area contributed by atoms with Crippen LogP contribution in [0.5, 0.6) is 0 Å². The molecule has 2 aromatic rings. The molecule has 0 bridgehead atoms. The quantitative estimate of drug-likeness (QED) is 0.732. The van der Waals surface area contributed by atoms with E-state index in [1.807, 2.05) is 6.07 Å². The second-order valence-electron chi connectivity index (χ2n) is 6.23. The van der Waals surface area contributed by atoms with Crippen LogP contribution in [0.15, 0.2) is 21.4 Å². The molecule has 2 rings (SSSR count). The van der Waals surface area contributed by atoms with E-state index in [1.54, 1.807) is 0 Å². The summed E-state index contributed by atoms with van der Waals surface area (Å²) in [5.74, 6) is 0. The van der Waals surface area contributed by atoms with Gasteiger partial charge in [-0.25, -0.2) is 4.79 Å². The number of nitrogens with one attached hydrogen (secondary N) is 3. The van der Waals surface area contributed by atoms with Crippen LogP contribution in [0.25, 0.3) is 11.0 Å². The van der Waals surface area contributed by atoms with Crippen LogP contribution in [0.3, 0.4) is 0 Å². The molecular weight excluding hydrogens is 330 g/mol. The molecule has 0 amide bonds. The summed E-state index contributed by atoms with van der Waals surface area (Å²) in [4.78, 5) is 17.1. The Bertz CT molecular complexity index is 672. The van der Waals surface area contributed by atoms with Gasteiger partial charge < -0.3 is 15.3 Å². The molecule has 0 aliphatic heterocycles. The average Bonchev–Trinajstić information content (AvgIpc) is 2.78. The van der Waals surface area contributed by atoms with E-state index < -0.39 is 0 Å². The van der Waals surface area contributed by atoms with Crippen LogP contribution in [0, 0.1) is 5.41 Å². The van der Waals surface area contributed by atoms with Crippen molar-refractivity contribution in [1.29, 1.82) is 0 Å². The number of hydrogen-bond donors (Lipinski definition) is 3. The van der Waals surface area contributed by atoms with Gasteiger partial charge in [0.15, 0.2) is 0 Å². The van der Waals surface area contributed by atoms with Crippen LogP contribution in [-0.2, 0) is 0 Å². The SMILES string of the molecule is CCCNC(c1cc2[nH]c(=O)[nH]c2cc1Br)C(C)(C)CC. The summed E-state index contributed by atoms with van der Waals surface area (Å²) in [6.45, 7) is 9.91. The van der Waals surface area contributed by atoms with Gasteiger partial charge in [0.1, 0.15) is 0 Å². The molecule has 0 fully saturated rings. The van der Waals surface area contributed by atoms with E-state index in [-0.39, 0.29) is 17.1 Å². The first-order valence-corrected chi connectivity index (χ1v) is 8.33. The molecule has 0 aliphatic carbocycles. The second kappa shape index (κ2) is 6.36. The van der Waals surface area contributed by atoms with Crippen molar-refractivity contribution in [1.82, 2.24) is 15.3 Å². The van der Waals surface area contributed by atoms with Gasteiger partial charge in [0.25, 0.3) is 0 Å². The minimum absolute atomic E-state index is 0.127. The zero-order valence-corrected chi connectivity index (χ0v) is 14.7. The fraction of sp³-hybridized carbons (Fsp3) is 0.562. The predicted molar refractivity (Wildman–Crippen MR) is 91.7 cm³/mol. The molecule has 1 unspecified atom stereocenters. The van der Waals surface area contributed by atoms with E-state index in [9.17, 15) is 4.79 Å². The number of rotatable bonds is 6. The molecule has 116 valence electrons. The lowest BCUT2D eigenvalue weighted by atomic mass is 9.78. The van der Waals surface area contributed by atoms with Gasteiger partial charge in [-0.05, 0) is 42.5 Å². The van der Waals surface area contributed by atoms with Crippen LogP contribution in [0.2, 0.25) is 0 Å². The monoisotopic (exact) mass is 353 g/mol. The first-order chi connectivity index (χ1) is 9.89. The summed E-state index contributed by atoms with van der Waals surface area (Å²) in [7, 11) is 0. The maximum absolute atomic E-state index is 11.5. The van der Waals surface area contributed by atoms with Gasteiger partial charge >= 0.3 is 5.69 Å². The van der Waals surface area contributed by atoms with Gasteiger partial charge in [-0.15, -0.1) is 0 Å². The minimum Gasteiger partial charge on any atom is -0.309 e. The van der Waals surface area contributed by atoms with Crippen LogP contribution in [-0.4, -0.2) is 16.5 Å². The normalized spacial score (nSPS) is 13.8. The third-order valence-electron chi connectivity index (χ3n) is 4.24. The molecular formula is C16H24BrN3O. The third kappa shape index (κ3) is 3.40. The van der Waals surface area contributed by atoms with Gasteiger partial charge in [0.2, 0.25) is 0 Å². The summed E-state index contributed by atoms with van der Waals surface area (Å²) >= 11 is 3.66. The Labute approximate surface area is 133 Å². The second-order valence-corrected chi connectivity index (χ2v) is 7.08. The highest BCUT2D eigenvalue weighted by atomic mass is 79.9. The maximum atomic E-state index is 11.5. The summed E-state index contributed by atoms with van der Waals surface area (Å²) in [6.07, 6.45) is 2.17. The third-order valence-corrected chi connectivity index (χ3v) is 4.92. The first kappa shape index (κ1) is 16.3. The smallest absolute Gasteiger partial charge is 0.309 e. The summed E-state index contributed by atoms with van der Waals surface area (Å²) in [5, 5.41) is 3.66. The van der Waals surface area contributed by atoms with Crippen molar-refractivity contribution in [2.45, 2.75) is 46.6 Å². The van der Waals surface area contributed by atoms with Gasteiger partial charge in [-0.2, -0.15) is 0 Å². The lowest BCUT2D eigenvalue weighted by Crippen LogP contribution is -2.34. The zero-order valence-electron chi connectivity index (χ0n) is 13.1. The van der Waals surface area contributed by atoms with E-state index in [4.69, 9.17) is 0 Å². The number of halogens is 1. The fourth-order valence-corrected chi connectivity index (χ4v) is 3.17. The maximum Gasteiger partial charge on any atom is 0.323 e. The van der Waals surface area contributed by atoms with Crippen LogP contribution < -0.4 is 11.0 Å². The Morgan fingerprint density at radius 1 is 1.24 bits per heavy atom. The number of benzene rings is 1. The Hall–Kier alpha value is -1.07. The zero-order chi connectivity index (χ0) is 15.6. The van der Waals surface area contributed by atoms with E-state index in [0.29, 0.717) is 0 Å². The van der Waals surface area contributed by atoms with Crippen molar-refractivity contribution in [3.63, 3.8) is 0 Å². The van der Waals surface area contributed by atoms with E-state index in [2.05, 4.69) is 65.0 Å². The van der Waals surface area contributed by atoms with Gasteiger partial charge in [0.05, 0.1) is 11.0 Å². The summed E-state index contributed by atoms with van der Waals surface area (Å²) in [5.41, 5.74) is 2.84. The molecule has 3 N–H and O–H groups in total. The molecule has 0 spiro atoms. The Morgan fingerprint density at radius 3 is 2.43 bits per heavy atom. The molecule has 1 heterocycles. The molecule has 0 aliphatic rings. The Balaban J connectivity index is 2.52. The largest absolute Gasteiger partial charge is 0.323 e.